The number of hydrogen-bond acceptors (Lipinski definition) is 2. The number of terminal acetylenes is 1. The predicted octanol–water partition coefficient (Wildman–Crippen LogP) is 2.45. The first-order valence-corrected chi connectivity index (χ1v) is 5.50. The van der Waals surface area contributed by atoms with Crippen molar-refractivity contribution < 1.29 is 0 Å². The summed E-state index contributed by atoms with van der Waals surface area (Å²) in [7, 11) is 0. The summed E-state index contributed by atoms with van der Waals surface area (Å²) in [4.78, 5) is 0. The number of rotatable bonds is 6. The van der Waals surface area contributed by atoms with E-state index in [0.29, 0.717) is 5.56 Å². The minimum Gasteiger partial charge on any atom is -0.313 e. The summed E-state index contributed by atoms with van der Waals surface area (Å²) in [5, 5.41) is 12.0. The molecule has 0 saturated heterocycles. The van der Waals surface area contributed by atoms with Gasteiger partial charge in [0.2, 0.25) is 0 Å². The number of nitriles is 1. The van der Waals surface area contributed by atoms with E-state index in [1.54, 1.807) is 0 Å². The summed E-state index contributed by atoms with van der Waals surface area (Å²) in [6.07, 6.45) is 8.22. The van der Waals surface area contributed by atoms with Crippen LogP contribution in [0.15, 0.2) is 24.3 Å². The first kappa shape index (κ1) is 12.3. The number of nitrogens with one attached hydrogen (secondary N) is 1. The molecular weight excluding hydrogens is 196 g/mol. The highest BCUT2D eigenvalue weighted by Gasteiger charge is 1.93. The molecule has 0 unspecified atom stereocenters. The molecule has 0 atom stereocenters. The van der Waals surface area contributed by atoms with Gasteiger partial charge in [0, 0.05) is 13.0 Å². The van der Waals surface area contributed by atoms with Crippen molar-refractivity contribution in [1.29, 1.82) is 5.26 Å². The van der Waals surface area contributed by atoms with Crippen LogP contribution in [-0.4, -0.2) is 6.54 Å². The minimum absolute atomic E-state index is 0.706. The van der Waals surface area contributed by atoms with E-state index in [9.17, 15) is 0 Å². The fraction of sp³-hybridized carbons (Fsp3) is 0.357. The Morgan fingerprint density at radius 2 is 1.94 bits per heavy atom. The zero-order chi connectivity index (χ0) is 11.6. The Labute approximate surface area is 97.3 Å². The first-order valence-electron chi connectivity index (χ1n) is 5.50. The molecule has 0 spiro atoms. The van der Waals surface area contributed by atoms with Crippen molar-refractivity contribution in [3.05, 3.63) is 35.4 Å². The zero-order valence-corrected chi connectivity index (χ0v) is 9.37. The molecule has 2 heteroatoms. The van der Waals surface area contributed by atoms with Gasteiger partial charge in [-0.2, -0.15) is 5.26 Å². The second-order valence-corrected chi connectivity index (χ2v) is 3.65. The molecule has 0 amide bonds. The van der Waals surface area contributed by atoms with Gasteiger partial charge in [-0.15, -0.1) is 12.3 Å². The Balaban J connectivity index is 2.18. The van der Waals surface area contributed by atoms with Crippen LogP contribution in [0.1, 0.15) is 30.4 Å². The van der Waals surface area contributed by atoms with E-state index in [1.165, 1.54) is 5.56 Å². The van der Waals surface area contributed by atoms with Gasteiger partial charge in [0.15, 0.2) is 0 Å². The Morgan fingerprint density at radius 3 is 2.56 bits per heavy atom. The molecule has 1 rings (SSSR count). The van der Waals surface area contributed by atoms with E-state index in [2.05, 4.69) is 17.3 Å². The standard InChI is InChI=1S/C14H16N2/c1-2-3-4-5-10-16-12-14-8-6-13(11-15)7-9-14/h1,6-9,16H,3-5,10,12H2. The molecule has 1 aromatic rings. The maximum atomic E-state index is 8.64. The lowest BCUT2D eigenvalue weighted by molar-refractivity contribution is 0.630. The van der Waals surface area contributed by atoms with Gasteiger partial charge >= 0.3 is 0 Å². The number of hydrogen-bond donors (Lipinski definition) is 1. The van der Waals surface area contributed by atoms with E-state index in [1.807, 2.05) is 24.3 Å². The summed E-state index contributed by atoms with van der Waals surface area (Å²) >= 11 is 0. The van der Waals surface area contributed by atoms with E-state index in [0.717, 1.165) is 32.4 Å². The monoisotopic (exact) mass is 212 g/mol. The lowest BCUT2D eigenvalue weighted by Gasteiger charge is -2.04. The number of nitrogens with zero attached hydrogens (tertiary/aromatic N) is 1. The van der Waals surface area contributed by atoms with Crippen molar-refractivity contribution >= 4 is 0 Å². The molecule has 0 radical (unpaired) electrons. The molecule has 0 saturated carbocycles. The normalized spacial score (nSPS) is 9.38. The SMILES string of the molecule is C#CCCCCNCc1ccc(C#N)cc1. The van der Waals surface area contributed by atoms with Gasteiger partial charge in [0.25, 0.3) is 0 Å². The van der Waals surface area contributed by atoms with Gasteiger partial charge in [-0.25, -0.2) is 0 Å². The van der Waals surface area contributed by atoms with Crippen LogP contribution in [0, 0.1) is 23.7 Å². The Hall–Kier alpha value is -1.77. The molecule has 1 N–H and O–H groups in total. The summed E-state index contributed by atoms with van der Waals surface area (Å²) in [6.45, 7) is 1.84. The molecule has 2 nitrogen and oxygen atoms in total. The largest absolute Gasteiger partial charge is 0.313 e. The van der Waals surface area contributed by atoms with Crippen LogP contribution in [-0.2, 0) is 6.54 Å². The maximum absolute atomic E-state index is 8.64. The van der Waals surface area contributed by atoms with E-state index in [4.69, 9.17) is 11.7 Å². The quantitative estimate of drug-likeness (QED) is 0.580. The number of unbranched alkanes of at least 4 members (excludes halogenated alkanes) is 2. The molecule has 0 aliphatic carbocycles. The molecule has 82 valence electrons. The molecule has 1 aromatic carbocycles. The first-order chi connectivity index (χ1) is 7.86. The smallest absolute Gasteiger partial charge is 0.0991 e. The average molecular weight is 212 g/mol. The highest BCUT2D eigenvalue weighted by Crippen LogP contribution is 2.02. The highest BCUT2D eigenvalue weighted by atomic mass is 14.8. The third-order valence-corrected chi connectivity index (χ3v) is 2.34. The lowest BCUT2D eigenvalue weighted by Crippen LogP contribution is -2.14. The second kappa shape index (κ2) is 7.51. The summed E-state index contributed by atoms with van der Waals surface area (Å²) < 4.78 is 0. The van der Waals surface area contributed by atoms with Crippen molar-refractivity contribution in [2.75, 3.05) is 6.54 Å². The van der Waals surface area contributed by atoms with Crippen molar-refractivity contribution in [2.45, 2.75) is 25.8 Å². The second-order valence-electron chi connectivity index (χ2n) is 3.65. The molecule has 0 aromatic heterocycles. The van der Waals surface area contributed by atoms with Crippen LogP contribution in [0.5, 0.6) is 0 Å². The summed E-state index contributed by atoms with van der Waals surface area (Å²) in [6, 6.07) is 9.75. The van der Waals surface area contributed by atoms with Gasteiger partial charge in [-0.1, -0.05) is 12.1 Å². The topological polar surface area (TPSA) is 35.8 Å². The fourth-order valence-corrected chi connectivity index (χ4v) is 1.41. The summed E-state index contributed by atoms with van der Waals surface area (Å²) in [5.74, 6) is 2.63. The average Bonchev–Trinajstić information content (AvgIpc) is 2.34. The third kappa shape index (κ3) is 4.64. The van der Waals surface area contributed by atoms with Crippen LogP contribution in [0.25, 0.3) is 0 Å². The predicted molar refractivity (Wildman–Crippen MR) is 65.5 cm³/mol. The molecule has 0 fully saturated rings. The van der Waals surface area contributed by atoms with Crippen molar-refractivity contribution in [3.63, 3.8) is 0 Å². The van der Waals surface area contributed by atoms with Crippen molar-refractivity contribution in [3.8, 4) is 18.4 Å². The van der Waals surface area contributed by atoms with Crippen molar-refractivity contribution in [1.82, 2.24) is 5.32 Å². The van der Waals surface area contributed by atoms with Crippen LogP contribution < -0.4 is 5.32 Å². The van der Waals surface area contributed by atoms with Crippen LogP contribution in [0.4, 0.5) is 0 Å². The van der Waals surface area contributed by atoms with E-state index >= 15 is 0 Å². The lowest BCUT2D eigenvalue weighted by atomic mass is 10.1. The molecule has 0 bridgehead atoms. The van der Waals surface area contributed by atoms with Gasteiger partial charge in [-0.05, 0) is 37.1 Å². The van der Waals surface area contributed by atoms with Gasteiger partial charge < -0.3 is 5.32 Å². The Bertz CT molecular complexity index is 379. The van der Waals surface area contributed by atoms with Crippen LogP contribution >= 0.6 is 0 Å². The molecule has 0 aliphatic heterocycles. The maximum Gasteiger partial charge on any atom is 0.0991 e. The Kier molecular flexibility index (Phi) is 5.78. The Morgan fingerprint density at radius 1 is 1.19 bits per heavy atom. The van der Waals surface area contributed by atoms with Gasteiger partial charge in [-0.3, -0.25) is 0 Å². The molecule has 0 heterocycles. The van der Waals surface area contributed by atoms with Gasteiger partial charge in [0.05, 0.1) is 11.6 Å². The zero-order valence-electron chi connectivity index (χ0n) is 9.37. The van der Waals surface area contributed by atoms with Crippen LogP contribution in [0.2, 0.25) is 0 Å². The van der Waals surface area contributed by atoms with Crippen LogP contribution in [0.3, 0.4) is 0 Å². The molecule has 0 aliphatic rings. The molecular formula is C14H16N2. The van der Waals surface area contributed by atoms with E-state index < -0.39 is 0 Å². The van der Waals surface area contributed by atoms with E-state index in [-0.39, 0.29) is 0 Å². The fourth-order valence-electron chi connectivity index (χ4n) is 1.41. The molecule has 16 heavy (non-hydrogen) atoms. The number of benzene rings is 1. The van der Waals surface area contributed by atoms with Gasteiger partial charge in [0.1, 0.15) is 0 Å². The highest BCUT2D eigenvalue weighted by molar-refractivity contribution is 5.31. The minimum atomic E-state index is 0.706. The third-order valence-electron chi connectivity index (χ3n) is 2.34. The van der Waals surface area contributed by atoms with Crippen molar-refractivity contribution in [2.24, 2.45) is 0 Å². The summed E-state index contributed by atoms with van der Waals surface area (Å²) in [5.41, 5.74) is 1.91.